The Morgan fingerprint density at radius 3 is 2.21 bits per heavy atom. The molecule has 2 aromatic carbocycles. The molecule has 1 fully saturated rings. The van der Waals surface area contributed by atoms with Crippen LogP contribution in [0, 0.1) is 17.7 Å². The molecule has 3 rings (SSSR count). The third-order valence-corrected chi connectivity index (χ3v) is 5.37. The van der Waals surface area contributed by atoms with Crippen LogP contribution in [0.15, 0.2) is 54.6 Å². The molecule has 29 heavy (non-hydrogen) atoms. The SMILES string of the molecule is CC(C)[C@@H](NC(=O)C1CCN(C(=O)Nc2ccccc2)CC1)c1ccc(F)cc1. The molecule has 0 radical (unpaired) electrons. The van der Waals surface area contributed by atoms with Crippen LogP contribution < -0.4 is 10.6 Å². The number of piperidine rings is 1. The summed E-state index contributed by atoms with van der Waals surface area (Å²) in [4.78, 5) is 27.0. The summed E-state index contributed by atoms with van der Waals surface area (Å²) in [6.07, 6.45) is 1.25. The van der Waals surface area contributed by atoms with E-state index in [2.05, 4.69) is 10.6 Å². The largest absolute Gasteiger partial charge is 0.349 e. The van der Waals surface area contributed by atoms with Crippen molar-refractivity contribution in [3.05, 3.63) is 66.0 Å². The molecule has 0 aromatic heterocycles. The van der Waals surface area contributed by atoms with Gasteiger partial charge in [0.25, 0.3) is 0 Å². The van der Waals surface area contributed by atoms with Gasteiger partial charge >= 0.3 is 6.03 Å². The van der Waals surface area contributed by atoms with Crippen molar-refractivity contribution < 1.29 is 14.0 Å². The molecule has 1 atom stereocenters. The maximum atomic E-state index is 13.2. The molecule has 2 aromatic rings. The fourth-order valence-corrected chi connectivity index (χ4v) is 3.64. The smallest absolute Gasteiger partial charge is 0.321 e. The first kappa shape index (κ1) is 20.8. The zero-order chi connectivity index (χ0) is 20.8. The van der Waals surface area contributed by atoms with Crippen molar-refractivity contribution in [2.45, 2.75) is 32.7 Å². The Balaban J connectivity index is 1.53. The van der Waals surface area contributed by atoms with E-state index in [1.54, 1.807) is 17.0 Å². The van der Waals surface area contributed by atoms with Gasteiger partial charge in [0.2, 0.25) is 5.91 Å². The number of carbonyl (C=O) groups excluding carboxylic acids is 2. The number of nitrogens with zero attached hydrogens (tertiary/aromatic N) is 1. The molecular weight excluding hydrogens is 369 g/mol. The molecular formula is C23H28FN3O2. The molecule has 1 saturated heterocycles. The van der Waals surface area contributed by atoms with Gasteiger partial charge in [0.15, 0.2) is 0 Å². The van der Waals surface area contributed by atoms with Crippen LogP contribution in [0.1, 0.15) is 38.3 Å². The quantitative estimate of drug-likeness (QED) is 0.776. The van der Waals surface area contributed by atoms with Crippen LogP contribution in [-0.2, 0) is 4.79 Å². The van der Waals surface area contributed by atoms with Gasteiger partial charge in [-0.25, -0.2) is 9.18 Å². The summed E-state index contributed by atoms with van der Waals surface area (Å²) >= 11 is 0. The van der Waals surface area contributed by atoms with Gasteiger partial charge in [-0.1, -0.05) is 44.2 Å². The van der Waals surface area contributed by atoms with E-state index in [0.29, 0.717) is 25.9 Å². The minimum Gasteiger partial charge on any atom is -0.349 e. The predicted molar refractivity (Wildman–Crippen MR) is 112 cm³/mol. The first-order valence-corrected chi connectivity index (χ1v) is 10.1. The molecule has 0 unspecified atom stereocenters. The van der Waals surface area contributed by atoms with Gasteiger partial charge in [0.1, 0.15) is 5.82 Å². The number of benzene rings is 2. The Labute approximate surface area is 171 Å². The highest BCUT2D eigenvalue weighted by atomic mass is 19.1. The molecule has 2 N–H and O–H groups in total. The normalized spacial score (nSPS) is 15.8. The van der Waals surface area contributed by atoms with Gasteiger partial charge in [-0.05, 0) is 48.6 Å². The predicted octanol–water partition coefficient (Wildman–Crippen LogP) is 4.58. The zero-order valence-electron chi connectivity index (χ0n) is 16.9. The second-order valence-electron chi connectivity index (χ2n) is 7.84. The molecule has 1 aliphatic heterocycles. The number of para-hydroxylation sites is 1. The first-order valence-electron chi connectivity index (χ1n) is 10.1. The highest BCUT2D eigenvalue weighted by Crippen LogP contribution is 2.25. The summed E-state index contributed by atoms with van der Waals surface area (Å²) in [6, 6.07) is 15.3. The van der Waals surface area contributed by atoms with Crippen LogP contribution in [0.4, 0.5) is 14.9 Å². The van der Waals surface area contributed by atoms with Crippen molar-refractivity contribution >= 4 is 17.6 Å². The Hall–Kier alpha value is -2.89. The van der Waals surface area contributed by atoms with Gasteiger partial charge in [-0.2, -0.15) is 0 Å². The Kier molecular flexibility index (Phi) is 6.86. The van der Waals surface area contributed by atoms with Crippen LogP contribution in [0.2, 0.25) is 0 Å². The minimum atomic E-state index is -0.288. The molecule has 3 amide bonds. The van der Waals surface area contributed by atoms with Gasteiger partial charge in [-0.3, -0.25) is 4.79 Å². The maximum absolute atomic E-state index is 13.2. The van der Waals surface area contributed by atoms with Crippen LogP contribution >= 0.6 is 0 Å². The second-order valence-corrected chi connectivity index (χ2v) is 7.84. The summed E-state index contributed by atoms with van der Waals surface area (Å²) in [7, 11) is 0. The highest BCUT2D eigenvalue weighted by Gasteiger charge is 2.29. The van der Waals surface area contributed by atoms with Crippen LogP contribution in [0.25, 0.3) is 0 Å². The highest BCUT2D eigenvalue weighted by molar-refractivity contribution is 5.89. The van der Waals surface area contributed by atoms with E-state index in [-0.39, 0.29) is 35.6 Å². The van der Waals surface area contributed by atoms with Crippen LogP contribution in [0.3, 0.4) is 0 Å². The number of anilines is 1. The lowest BCUT2D eigenvalue weighted by Gasteiger charge is -2.33. The van der Waals surface area contributed by atoms with Crippen molar-refractivity contribution in [3.63, 3.8) is 0 Å². The summed E-state index contributed by atoms with van der Waals surface area (Å²) < 4.78 is 13.2. The molecule has 0 spiro atoms. The molecule has 0 aliphatic carbocycles. The number of likely N-dealkylation sites (tertiary alicyclic amines) is 1. The van der Waals surface area contributed by atoms with E-state index in [1.165, 1.54) is 12.1 Å². The lowest BCUT2D eigenvalue weighted by molar-refractivity contribution is -0.127. The lowest BCUT2D eigenvalue weighted by atomic mass is 9.92. The molecule has 1 aliphatic rings. The van der Waals surface area contributed by atoms with Gasteiger partial charge in [-0.15, -0.1) is 0 Å². The number of hydrogen-bond donors (Lipinski definition) is 2. The van der Waals surface area contributed by atoms with Crippen molar-refractivity contribution in [2.75, 3.05) is 18.4 Å². The molecule has 0 bridgehead atoms. The lowest BCUT2D eigenvalue weighted by Crippen LogP contribution is -2.45. The number of amides is 3. The zero-order valence-corrected chi connectivity index (χ0v) is 16.9. The summed E-state index contributed by atoms with van der Waals surface area (Å²) in [5.41, 5.74) is 1.66. The van der Waals surface area contributed by atoms with E-state index < -0.39 is 0 Å². The van der Waals surface area contributed by atoms with Crippen molar-refractivity contribution in [1.82, 2.24) is 10.2 Å². The van der Waals surface area contributed by atoms with E-state index >= 15 is 0 Å². The molecule has 1 heterocycles. The maximum Gasteiger partial charge on any atom is 0.321 e. The molecule has 154 valence electrons. The third kappa shape index (κ3) is 5.56. The summed E-state index contributed by atoms with van der Waals surface area (Å²) in [5.74, 6) is -0.237. The first-order chi connectivity index (χ1) is 13.9. The van der Waals surface area contributed by atoms with Crippen molar-refractivity contribution in [1.29, 1.82) is 0 Å². The van der Waals surface area contributed by atoms with E-state index in [4.69, 9.17) is 0 Å². The number of carbonyl (C=O) groups is 2. The molecule has 5 nitrogen and oxygen atoms in total. The Bertz CT molecular complexity index is 816. The Morgan fingerprint density at radius 2 is 1.62 bits per heavy atom. The van der Waals surface area contributed by atoms with Crippen LogP contribution in [0.5, 0.6) is 0 Å². The van der Waals surface area contributed by atoms with Gasteiger partial charge in [0.05, 0.1) is 6.04 Å². The van der Waals surface area contributed by atoms with E-state index in [1.807, 2.05) is 44.2 Å². The third-order valence-electron chi connectivity index (χ3n) is 5.37. The number of halogens is 1. The van der Waals surface area contributed by atoms with Gasteiger partial charge < -0.3 is 15.5 Å². The molecule has 6 heteroatoms. The topological polar surface area (TPSA) is 61.4 Å². The van der Waals surface area contributed by atoms with Crippen molar-refractivity contribution in [2.24, 2.45) is 11.8 Å². The average Bonchev–Trinajstić information content (AvgIpc) is 2.73. The number of nitrogens with one attached hydrogen (secondary N) is 2. The summed E-state index contributed by atoms with van der Waals surface area (Å²) in [6.45, 7) is 5.15. The van der Waals surface area contributed by atoms with Crippen LogP contribution in [-0.4, -0.2) is 29.9 Å². The van der Waals surface area contributed by atoms with Gasteiger partial charge in [0, 0.05) is 24.7 Å². The Morgan fingerprint density at radius 1 is 1.00 bits per heavy atom. The summed E-state index contributed by atoms with van der Waals surface area (Å²) in [5, 5.41) is 6.01. The number of rotatable bonds is 5. The second kappa shape index (κ2) is 9.54. The number of urea groups is 1. The average molecular weight is 397 g/mol. The minimum absolute atomic E-state index is 0.00357. The van der Waals surface area contributed by atoms with E-state index in [9.17, 15) is 14.0 Å². The molecule has 0 saturated carbocycles. The fraction of sp³-hybridized carbons (Fsp3) is 0.391. The number of hydrogen-bond acceptors (Lipinski definition) is 2. The monoisotopic (exact) mass is 397 g/mol. The van der Waals surface area contributed by atoms with E-state index in [0.717, 1.165) is 11.3 Å². The standard InChI is InChI=1S/C23H28FN3O2/c1-16(2)21(17-8-10-19(24)11-9-17)26-22(28)18-12-14-27(15-13-18)23(29)25-20-6-4-3-5-7-20/h3-11,16,18,21H,12-15H2,1-2H3,(H,25,29)(H,26,28)/t21-/m1/s1. The van der Waals surface area contributed by atoms with Crippen molar-refractivity contribution in [3.8, 4) is 0 Å². The fourth-order valence-electron chi connectivity index (χ4n) is 3.64.